The maximum atomic E-state index is 3.72. The van der Waals surface area contributed by atoms with Crippen LogP contribution in [0, 0.1) is 0 Å². The summed E-state index contributed by atoms with van der Waals surface area (Å²) in [6, 6.07) is 20.9. The molecule has 0 aliphatic rings. The van der Waals surface area contributed by atoms with Crippen LogP contribution in [-0.4, -0.2) is 0 Å². The van der Waals surface area contributed by atoms with Crippen LogP contribution in [0.3, 0.4) is 0 Å². The monoisotopic (exact) mass is 344 g/mol. The summed E-state index contributed by atoms with van der Waals surface area (Å²) in [6.07, 6.45) is 0. The lowest BCUT2D eigenvalue weighted by Gasteiger charge is -1.97. The standard InChI is InChI=1S/C12H10BrS.BrH/c13-14(11-7-3-1-4-8-11)12-9-5-2-6-10-12;/h1-10H;1H/q+1;/p-1. The van der Waals surface area contributed by atoms with Gasteiger partial charge in [-0.1, -0.05) is 36.4 Å². The van der Waals surface area contributed by atoms with E-state index >= 15 is 0 Å². The third kappa shape index (κ3) is 3.37. The van der Waals surface area contributed by atoms with E-state index in [-0.39, 0.29) is 26.3 Å². The average molecular weight is 346 g/mol. The molecular formula is C12H10Br2S. The Balaban J connectivity index is 0.00000112. The highest BCUT2D eigenvalue weighted by Gasteiger charge is 2.21. The summed E-state index contributed by atoms with van der Waals surface area (Å²) in [6.45, 7) is 0. The molecule has 3 heteroatoms. The third-order valence-electron chi connectivity index (χ3n) is 1.90. The normalized spacial score (nSPS) is 9.73. The second-order valence-corrected chi connectivity index (χ2v) is 6.28. The van der Waals surface area contributed by atoms with E-state index in [1.165, 1.54) is 9.79 Å². The minimum Gasteiger partial charge on any atom is -1.00 e. The predicted octanol–water partition coefficient (Wildman–Crippen LogP) is 1.04. The van der Waals surface area contributed by atoms with Crippen molar-refractivity contribution in [3.8, 4) is 0 Å². The maximum Gasteiger partial charge on any atom is 0.245 e. The fourth-order valence-electron chi connectivity index (χ4n) is 1.22. The lowest BCUT2D eigenvalue weighted by atomic mass is 10.4. The quantitative estimate of drug-likeness (QED) is 0.713. The van der Waals surface area contributed by atoms with Gasteiger partial charge in [-0.3, -0.25) is 0 Å². The summed E-state index contributed by atoms with van der Waals surface area (Å²) >= 11 is 3.72. The molecule has 0 radical (unpaired) electrons. The predicted molar refractivity (Wildman–Crippen MR) is 65.7 cm³/mol. The van der Waals surface area contributed by atoms with Crippen molar-refractivity contribution in [2.45, 2.75) is 9.79 Å². The van der Waals surface area contributed by atoms with Crippen LogP contribution in [0.1, 0.15) is 0 Å². The Morgan fingerprint density at radius 3 is 1.33 bits per heavy atom. The minimum atomic E-state index is 0. The zero-order valence-corrected chi connectivity index (χ0v) is 11.9. The SMILES string of the molecule is Br[S+](c1ccccc1)c1ccccc1.[Br-]. The maximum absolute atomic E-state index is 3.72. The summed E-state index contributed by atoms with van der Waals surface area (Å²) in [5.41, 5.74) is 0. The van der Waals surface area contributed by atoms with E-state index in [2.05, 4.69) is 63.3 Å². The lowest BCUT2D eigenvalue weighted by molar-refractivity contribution is -0.00000261. The fraction of sp³-hybridized carbons (Fsp3) is 0. The molecule has 0 saturated heterocycles. The highest BCUT2D eigenvalue weighted by atomic mass is 79.9. The summed E-state index contributed by atoms with van der Waals surface area (Å²) in [5.74, 6) is 0. The first-order valence-corrected chi connectivity index (χ1v) is 7.45. The van der Waals surface area contributed by atoms with Gasteiger partial charge in [-0.2, -0.15) is 0 Å². The Kier molecular flexibility index (Phi) is 5.43. The first-order valence-electron chi connectivity index (χ1n) is 4.38. The van der Waals surface area contributed by atoms with Crippen LogP contribution in [0.4, 0.5) is 0 Å². The molecule has 0 nitrogen and oxygen atoms in total. The smallest absolute Gasteiger partial charge is 0.245 e. The molecule has 2 aromatic carbocycles. The topological polar surface area (TPSA) is 0 Å². The van der Waals surface area contributed by atoms with Gasteiger partial charge in [0.05, 0.1) is 0 Å². The molecule has 0 aliphatic carbocycles. The molecule has 2 rings (SSSR count). The van der Waals surface area contributed by atoms with Crippen molar-refractivity contribution in [1.82, 2.24) is 0 Å². The van der Waals surface area contributed by atoms with Gasteiger partial charge >= 0.3 is 0 Å². The van der Waals surface area contributed by atoms with E-state index in [9.17, 15) is 0 Å². The van der Waals surface area contributed by atoms with Gasteiger partial charge in [0.2, 0.25) is 14.8 Å². The van der Waals surface area contributed by atoms with Crippen LogP contribution in [-0.2, 0) is 9.33 Å². The molecule has 0 heterocycles. The van der Waals surface area contributed by atoms with E-state index in [0.29, 0.717) is 0 Å². The van der Waals surface area contributed by atoms with Gasteiger partial charge in [-0.05, 0) is 24.3 Å². The van der Waals surface area contributed by atoms with Crippen LogP contribution < -0.4 is 17.0 Å². The van der Waals surface area contributed by atoms with Crippen molar-refractivity contribution in [3.05, 3.63) is 60.7 Å². The summed E-state index contributed by atoms with van der Waals surface area (Å²) in [5, 5.41) is 0. The second-order valence-electron chi connectivity index (χ2n) is 2.88. The van der Waals surface area contributed by atoms with Crippen LogP contribution in [0.25, 0.3) is 0 Å². The molecule has 0 fully saturated rings. The summed E-state index contributed by atoms with van der Waals surface area (Å²) < 4.78 is 0. The number of benzene rings is 2. The molecule has 0 aliphatic heterocycles. The van der Waals surface area contributed by atoms with E-state index in [1.54, 1.807) is 0 Å². The van der Waals surface area contributed by atoms with Gasteiger partial charge in [0.1, 0.15) is 9.33 Å². The van der Waals surface area contributed by atoms with Gasteiger partial charge in [-0.25, -0.2) is 0 Å². The number of hydrogen-bond acceptors (Lipinski definition) is 0. The fourth-order valence-corrected chi connectivity index (χ4v) is 3.58. The molecular weight excluding hydrogens is 336 g/mol. The van der Waals surface area contributed by atoms with Gasteiger partial charge in [0, 0.05) is 0 Å². The first-order chi connectivity index (χ1) is 6.88. The molecule has 0 atom stereocenters. The molecule has 15 heavy (non-hydrogen) atoms. The second kappa shape index (κ2) is 6.36. The van der Waals surface area contributed by atoms with Gasteiger partial charge < -0.3 is 17.0 Å². The molecule has 0 aromatic heterocycles. The van der Waals surface area contributed by atoms with Crippen LogP contribution in [0.5, 0.6) is 0 Å². The first kappa shape index (κ1) is 12.8. The van der Waals surface area contributed by atoms with Crippen molar-refractivity contribution in [1.29, 1.82) is 0 Å². The van der Waals surface area contributed by atoms with Crippen LogP contribution >= 0.6 is 14.8 Å². The Morgan fingerprint density at radius 1 is 0.667 bits per heavy atom. The largest absolute Gasteiger partial charge is 1.00 e. The van der Waals surface area contributed by atoms with Gasteiger partial charge in [0.15, 0.2) is 9.79 Å². The summed E-state index contributed by atoms with van der Waals surface area (Å²) in [7, 11) is 0.0157. The molecule has 0 spiro atoms. The molecule has 78 valence electrons. The number of halogens is 2. The zero-order chi connectivity index (χ0) is 9.80. The minimum absolute atomic E-state index is 0. The Labute approximate surface area is 111 Å². The Bertz CT molecular complexity index is 349. The zero-order valence-electron chi connectivity index (χ0n) is 7.94. The van der Waals surface area contributed by atoms with Crippen LogP contribution in [0.15, 0.2) is 70.5 Å². The molecule has 0 unspecified atom stereocenters. The molecule has 0 bridgehead atoms. The van der Waals surface area contributed by atoms with Crippen molar-refractivity contribution in [3.63, 3.8) is 0 Å². The van der Waals surface area contributed by atoms with Crippen molar-refractivity contribution < 1.29 is 17.0 Å². The average Bonchev–Trinajstić information content (AvgIpc) is 2.30. The molecule has 0 amide bonds. The lowest BCUT2D eigenvalue weighted by Crippen LogP contribution is -3.00. The van der Waals surface area contributed by atoms with Crippen molar-refractivity contribution >= 4 is 24.1 Å². The van der Waals surface area contributed by atoms with E-state index < -0.39 is 0 Å². The molecule has 0 N–H and O–H groups in total. The van der Waals surface area contributed by atoms with E-state index in [0.717, 1.165) is 0 Å². The Morgan fingerprint density at radius 2 is 1.00 bits per heavy atom. The van der Waals surface area contributed by atoms with Gasteiger partial charge in [-0.15, -0.1) is 0 Å². The van der Waals surface area contributed by atoms with E-state index in [1.807, 2.05) is 12.1 Å². The highest BCUT2D eigenvalue weighted by molar-refractivity contribution is 9.48. The molecule has 2 aromatic rings. The third-order valence-corrected chi connectivity index (χ3v) is 5.52. The van der Waals surface area contributed by atoms with Crippen LogP contribution in [0.2, 0.25) is 0 Å². The summed E-state index contributed by atoms with van der Waals surface area (Å²) in [4.78, 5) is 2.64. The van der Waals surface area contributed by atoms with Crippen molar-refractivity contribution in [2.75, 3.05) is 0 Å². The van der Waals surface area contributed by atoms with Crippen molar-refractivity contribution in [2.24, 2.45) is 0 Å². The number of hydrogen-bond donors (Lipinski definition) is 0. The van der Waals surface area contributed by atoms with E-state index in [4.69, 9.17) is 0 Å². The molecule has 0 saturated carbocycles. The Hall–Kier alpha value is -0.250. The van der Waals surface area contributed by atoms with Gasteiger partial charge in [0.25, 0.3) is 0 Å². The number of rotatable bonds is 2. The highest BCUT2D eigenvalue weighted by Crippen LogP contribution is 2.28.